The zero-order chi connectivity index (χ0) is 9.35. The number of hydrogen-bond donors (Lipinski definition) is 0. The van der Waals surface area contributed by atoms with Crippen molar-refractivity contribution in [2.75, 3.05) is 6.26 Å². The molecule has 1 aromatic rings. The Morgan fingerprint density at radius 3 is 2.25 bits per heavy atom. The van der Waals surface area contributed by atoms with Gasteiger partial charge < -0.3 is 4.57 Å². The maximum atomic E-state index is 11.0. The molecule has 0 atom stereocenters. The minimum absolute atomic E-state index is 0.121. The van der Waals surface area contributed by atoms with E-state index in [0.29, 0.717) is 0 Å². The lowest BCUT2D eigenvalue weighted by atomic mass is 10.6. The van der Waals surface area contributed by atoms with E-state index in [0.717, 1.165) is 6.26 Å². The van der Waals surface area contributed by atoms with Crippen LogP contribution in [-0.2, 0) is 28.6 Å². The Balaban J connectivity index is 3.30. The van der Waals surface area contributed by atoms with Gasteiger partial charge in [0.2, 0.25) is 15.0 Å². The van der Waals surface area contributed by atoms with Crippen molar-refractivity contribution in [3.05, 3.63) is 5.82 Å². The number of hydrogen-bond acceptors (Lipinski definition) is 4. The van der Waals surface area contributed by atoms with Crippen LogP contribution in [-0.4, -0.2) is 29.4 Å². The van der Waals surface area contributed by atoms with E-state index in [1.807, 2.05) is 0 Å². The highest BCUT2D eigenvalue weighted by Crippen LogP contribution is 2.05. The molecule has 0 amide bonds. The lowest BCUT2D eigenvalue weighted by Gasteiger charge is -1.97. The molecule has 7 heteroatoms. The van der Waals surface area contributed by atoms with Gasteiger partial charge in [0.05, 0.1) is 0 Å². The highest BCUT2D eigenvalue weighted by Gasteiger charge is 2.17. The van der Waals surface area contributed by atoms with Gasteiger partial charge in [-0.1, -0.05) is 0 Å². The van der Waals surface area contributed by atoms with Crippen LogP contribution < -0.4 is 0 Å². The Morgan fingerprint density at radius 1 is 1.42 bits per heavy atom. The van der Waals surface area contributed by atoms with Crippen LogP contribution in [0.4, 0.5) is 0 Å². The van der Waals surface area contributed by atoms with Gasteiger partial charge >= 0.3 is 0 Å². The van der Waals surface area contributed by atoms with Crippen molar-refractivity contribution in [1.29, 1.82) is 0 Å². The second-order valence-corrected chi connectivity index (χ2v) is 4.28. The maximum Gasteiger partial charge on any atom is 0.249 e. The molecule has 0 N–H and O–H groups in total. The quantitative estimate of drug-likeness (QED) is 0.608. The highest BCUT2D eigenvalue weighted by atomic mass is 32.2. The van der Waals surface area contributed by atoms with Crippen molar-refractivity contribution in [3.8, 4) is 0 Å². The number of sulfone groups is 1. The Labute approximate surface area is 69.8 Å². The summed E-state index contributed by atoms with van der Waals surface area (Å²) in [6, 6.07) is 0. The lowest BCUT2D eigenvalue weighted by molar-refractivity contribution is 0.166. The van der Waals surface area contributed by atoms with Gasteiger partial charge in [-0.25, -0.2) is 13.5 Å². The normalized spacial score (nSPS) is 11.9. The molecule has 0 aliphatic heterocycles. The molecule has 1 rings (SSSR count). The molecule has 12 heavy (non-hydrogen) atoms. The van der Waals surface area contributed by atoms with Gasteiger partial charge in [0.15, 0.2) is 5.82 Å². The van der Waals surface area contributed by atoms with Gasteiger partial charge in [0, 0.05) is 13.3 Å². The molecule has 6 nitrogen and oxygen atoms in total. The van der Waals surface area contributed by atoms with E-state index < -0.39 is 16.4 Å². The second-order valence-electron chi connectivity index (χ2n) is 2.37. The van der Waals surface area contributed by atoms with Crippen LogP contribution in [0.1, 0.15) is 5.82 Å². The average molecular weight is 190 g/mol. The van der Waals surface area contributed by atoms with Crippen molar-refractivity contribution in [2.24, 2.45) is 7.05 Å². The molecule has 67 valence electrons. The maximum absolute atomic E-state index is 11.0. The third-order valence-corrected chi connectivity index (χ3v) is 2.40. The summed E-state index contributed by atoms with van der Waals surface area (Å²) in [5, 5.41) is 17.0. The summed E-state index contributed by atoms with van der Waals surface area (Å²) in [4.78, 5) is 0. The number of nitrogens with zero attached hydrogens (tertiary/aromatic N) is 3. The first-order chi connectivity index (χ1) is 5.46. The van der Waals surface area contributed by atoms with Gasteiger partial charge in [-0.05, 0) is 0 Å². The fourth-order valence-electron chi connectivity index (χ4n) is 0.794. The molecule has 1 heterocycles. The Hall–Kier alpha value is -0.950. The molecule has 0 spiro atoms. The predicted molar refractivity (Wildman–Crippen MR) is 38.5 cm³/mol. The minimum Gasteiger partial charge on any atom is -0.303 e. The molecule has 0 aromatic carbocycles. The minimum atomic E-state index is -3.37. The van der Waals surface area contributed by atoms with Gasteiger partial charge in [-0.2, -0.15) is 0 Å². The van der Waals surface area contributed by atoms with Crippen molar-refractivity contribution >= 4 is 9.84 Å². The molecule has 0 aliphatic carbocycles. The van der Waals surface area contributed by atoms with E-state index >= 15 is 0 Å². The Kier molecular flexibility index (Phi) is 2.16. The van der Waals surface area contributed by atoms with Crippen molar-refractivity contribution in [2.45, 2.75) is 11.8 Å². The van der Waals surface area contributed by atoms with Crippen LogP contribution in [0.25, 0.3) is 0 Å². The monoisotopic (exact) mass is 190 g/mol. The molecule has 0 saturated heterocycles. The Morgan fingerprint density at radius 2 is 2.00 bits per heavy atom. The van der Waals surface area contributed by atoms with Gasteiger partial charge in [-0.3, -0.25) is 0 Å². The first-order valence-electron chi connectivity index (χ1n) is 3.13. The van der Waals surface area contributed by atoms with Crippen LogP contribution in [0.15, 0.2) is 5.16 Å². The van der Waals surface area contributed by atoms with E-state index in [2.05, 4.69) is 10.2 Å². The van der Waals surface area contributed by atoms with Crippen molar-refractivity contribution < 1.29 is 13.5 Å². The van der Waals surface area contributed by atoms with E-state index in [9.17, 15) is 13.5 Å². The summed E-state index contributed by atoms with van der Waals surface area (Å²) in [7, 11) is -1.92. The van der Waals surface area contributed by atoms with Crippen LogP contribution in [0.2, 0.25) is 0 Å². The summed E-state index contributed by atoms with van der Waals surface area (Å²) >= 11 is 0. The number of rotatable bonds is 2. The van der Waals surface area contributed by atoms with Gasteiger partial charge in [0.25, 0.3) is 0 Å². The fraction of sp³-hybridized carbons (Fsp3) is 0.600. The molecule has 0 aliphatic rings. The number of aromatic nitrogens is 3. The third-order valence-electron chi connectivity index (χ3n) is 1.39. The van der Waals surface area contributed by atoms with Crippen molar-refractivity contribution in [3.63, 3.8) is 0 Å². The summed E-state index contributed by atoms with van der Waals surface area (Å²) in [5.74, 6) is 0.121. The first kappa shape index (κ1) is 9.14. The topological polar surface area (TPSA) is 84.8 Å². The van der Waals surface area contributed by atoms with Crippen LogP contribution in [0, 0.1) is 0 Å². The Bertz CT molecular complexity index is 381. The average Bonchev–Trinajstić information content (AvgIpc) is 2.29. The molecule has 1 radical (unpaired) electrons. The van der Waals surface area contributed by atoms with Crippen LogP contribution >= 0.6 is 0 Å². The lowest BCUT2D eigenvalue weighted by Crippen LogP contribution is -2.07. The SMILES string of the molecule is Cn1c(C[O])nnc1S(C)(=O)=O. The fourth-order valence-corrected chi connectivity index (χ4v) is 1.59. The van der Waals surface area contributed by atoms with Gasteiger partial charge in [-0.15, -0.1) is 10.2 Å². The molecular weight excluding hydrogens is 182 g/mol. The van der Waals surface area contributed by atoms with Crippen molar-refractivity contribution in [1.82, 2.24) is 14.8 Å². The van der Waals surface area contributed by atoms with Crippen LogP contribution in [0.5, 0.6) is 0 Å². The molecule has 0 bridgehead atoms. The summed E-state index contributed by atoms with van der Waals surface area (Å²) in [6.07, 6.45) is 1.02. The molecule has 0 unspecified atom stereocenters. The van der Waals surface area contributed by atoms with E-state index in [1.165, 1.54) is 11.6 Å². The van der Waals surface area contributed by atoms with Gasteiger partial charge in [0.1, 0.15) is 6.61 Å². The second kappa shape index (κ2) is 2.83. The standard InChI is InChI=1S/C5H8N3O3S/c1-8-4(3-9)6-7-5(8)12(2,10)11/h3H2,1-2H3. The van der Waals surface area contributed by atoms with E-state index in [-0.39, 0.29) is 11.0 Å². The van der Waals surface area contributed by atoms with Crippen LogP contribution in [0.3, 0.4) is 0 Å². The summed E-state index contributed by atoms with van der Waals surface area (Å²) in [6.45, 7) is -0.570. The molecule has 1 aromatic heterocycles. The zero-order valence-electron chi connectivity index (χ0n) is 6.68. The van der Waals surface area contributed by atoms with E-state index in [4.69, 9.17) is 0 Å². The van der Waals surface area contributed by atoms with E-state index in [1.54, 1.807) is 0 Å². The highest BCUT2D eigenvalue weighted by molar-refractivity contribution is 7.90. The predicted octanol–water partition coefficient (Wildman–Crippen LogP) is -0.851. The molecule has 0 fully saturated rings. The summed E-state index contributed by atoms with van der Waals surface area (Å²) < 4.78 is 23.1. The smallest absolute Gasteiger partial charge is 0.249 e. The molecule has 0 saturated carbocycles. The third kappa shape index (κ3) is 1.46. The largest absolute Gasteiger partial charge is 0.303 e. The summed E-state index contributed by atoms with van der Waals surface area (Å²) in [5.41, 5.74) is 0. The first-order valence-corrected chi connectivity index (χ1v) is 5.02. The molecular formula is C5H8N3O3S. The zero-order valence-corrected chi connectivity index (χ0v) is 7.50.